The Morgan fingerprint density at radius 2 is 0.983 bits per heavy atom. The van der Waals surface area contributed by atoms with Gasteiger partial charge in [0.1, 0.15) is 13.1 Å². The number of hydrogen-bond donors (Lipinski definition) is 0. The van der Waals surface area contributed by atoms with E-state index in [2.05, 4.69) is 179 Å². The average molecular weight is 769 g/mol. The van der Waals surface area contributed by atoms with Crippen molar-refractivity contribution in [3.8, 4) is 33.8 Å². The lowest BCUT2D eigenvalue weighted by Gasteiger charge is -2.29. The van der Waals surface area contributed by atoms with E-state index in [0.29, 0.717) is 12.1 Å². The third-order valence-corrected chi connectivity index (χ3v) is 12.6. The molecule has 1 saturated heterocycles. The Morgan fingerprint density at radius 3 is 1.43 bits per heavy atom. The summed E-state index contributed by atoms with van der Waals surface area (Å²) in [6, 6.07) is 39.2. The monoisotopic (exact) mass is 768 g/mol. The van der Waals surface area contributed by atoms with Crippen LogP contribution in [0.1, 0.15) is 79.3 Å². The van der Waals surface area contributed by atoms with Crippen LogP contribution in [0.2, 0.25) is 0 Å². The minimum Gasteiger partial charge on any atom is -0.340 e. The standard InChI is InChI=1S/C51H52N4O2.CH4/c1-37-31-41(45-21-7-5-17-39(45)19-15-29-52-25-11-3-12-26-52)33-43-35-54-47-23-9-10-24-48(47)55-36-44-34-42(32-38(2)50(44)57-51(54,55)56-49(37)43)46-22-8-6-18-40(46)20-16-30-53-27-13-4-14-28-53;/h3-8,11-14,17-18,21-22,25-28,31-36,47-48H,9-10,15-16,19-20,23-24,29-30H2,1-2H3;1H4/q+4;. The lowest BCUT2D eigenvalue weighted by Crippen LogP contribution is -2.60. The van der Waals surface area contributed by atoms with Crippen molar-refractivity contribution in [1.29, 1.82) is 0 Å². The second-order valence-electron chi connectivity index (χ2n) is 16.4. The zero-order chi connectivity index (χ0) is 38.3. The zero-order valence-corrected chi connectivity index (χ0v) is 33.2. The van der Waals surface area contributed by atoms with Crippen LogP contribution in [-0.2, 0) is 25.9 Å². The van der Waals surface area contributed by atoms with E-state index in [1.807, 2.05) is 0 Å². The zero-order valence-electron chi connectivity index (χ0n) is 33.2. The Balaban J connectivity index is 0.00000436. The number of hydrogen-bond acceptors (Lipinski definition) is 2. The van der Waals surface area contributed by atoms with Crippen molar-refractivity contribution in [1.82, 2.24) is 0 Å². The van der Waals surface area contributed by atoms with Crippen molar-refractivity contribution in [3.63, 3.8) is 0 Å². The van der Waals surface area contributed by atoms with Crippen LogP contribution in [0.3, 0.4) is 0 Å². The van der Waals surface area contributed by atoms with Crippen LogP contribution in [-0.4, -0.2) is 39.7 Å². The molecule has 10 rings (SSSR count). The number of aryl methyl sites for hydroxylation is 6. The molecule has 0 amide bonds. The third kappa shape index (κ3) is 6.82. The molecule has 6 nitrogen and oxygen atoms in total. The molecule has 2 aromatic heterocycles. The maximum Gasteiger partial charge on any atom is 0.704 e. The maximum atomic E-state index is 7.29. The number of nitrogens with zero attached hydrogens (tertiary/aromatic N) is 4. The molecule has 4 aromatic carbocycles. The first-order valence-electron chi connectivity index (χ1n) is 21.0. The van der Waals surface area contributed by atoms with Gasteiger partial charge in [-0.2, -0.15) is 0 Å². The van der Waals surface area contributed by atoms with Crippen molar-refractivity contribution in [3.05, 3.63) is 167 Å². The van der Waals surface area contributed by atoms with Crippen LogP contribution in [0.25, 0.3) is 22.3 Å². The van der Waals surface area contributed by atoms with E-state index >= 15 is 0 Å². The van der Waals surface area contributed by atoms with Gasteiger partial charge in [-0.3, -0.25) is 0 Å². The minimum absolute atomic E-state index is 0. The van der Waals surface area contributed by atoms with Crippen LogP contribution < -0.4 is 18.6 Å². The number of fused-ring (bicyclic) bond motifs is 5. The average Bonchev–Trinajstić information content (AvgIpc) is 3.52. The summed E-state index contributed by atoms with van der Waals surface area (Å²) in [6.07, 6.45) is 22.2. The summed E-state index contributed by atoms with van der Waals surface area (Å²) in [4.78, 5) is 0. The Kier molecular flexibility index (Phi) is 10.3. The predicted octanol–water partition coefficient (Wildman–Crippen LogP) is 9.40. The van der Waals surface area contributed by atoms with Gasteiger partial charge >= 0.3 is 6.03 Å². The van der Waals surface area contributed by atoms with Gasteiger partial charge in [-0.1, -0.05) is 77.2 Å². The van der Waals surface area contributed by atoms with Gasteiger partial charge in [0.15, 0.2) is 48.7 Å². The van der Waals surface area contributed by atoms with Crippen LogP contribution in [0, 0.1) is 13.8 Å². The van der Waals surface area contributed by atoms with Crippen LogP contribution >= 0.6 is 0 Å². The molecule has 1 spiro atoms. The van der Waals surface area contributed by atoms with Crippen molar-refractivity contribution in [2.24, 2.45) is 0 Å². The largest absolute Gasteiger partial charge is 0.704 e. The summed E-state index contributed by atoms with van der Waals surface area (Å²) in [6.45, 7) is 6.38. The van der Waals surface area contributed by atoms with E-state index in [9.17, 15) is 0 Å². The second-order valence-corrected chi connectivity index (χ2v) is 16.4. The van der Waals surface area contributed by atoms with Crippen molar-refractivity contribution < 1.29 is 27.8 Å². The molecule has 2 atom stereocenters. The molecule has 6 heteroatoms. The number of aromatic nitrogens is 2. The quantitative estimate of drug-likeness (QED) is 0.130. The molecular formula is C52H56N4O2+4. The van der Waals surface area contributed by atoms with E-state index in [1.54, 1.807) is 0 Å². The van der Waals surface area contributed by atoms with Gasteiger partial charge in [0.25, 0.3) is 0 Å². The number of rotatable bonds is 10. The van der Waals surface area contributed by atoms with Gasteiger partial charge in [0.2, 0.25) is 12.1 Å². The Labute approximate surface area is 344 Å². The van der Waals surface area contributed by atoms with E-state index < -0.39 is 6.03 Å². The van der Waals surface area contributed by atoms with E-state index in [-0.39, 0.29) is 7.43 Å². The Morgan fingerprint density at radius 1 is 0.552 bits per heavy atom. The number of ether oxygens (including phenoxy) is 2. The maximum absolute atomic E-state index is 7.29. The fourth-order valence-electron chi connectivity index (χ4n) is 9.94. The first-order valence-corrected chi connectivity index (χ1v) is 21.0. The van der Waals surface area contributed by atoms with Crippen LogP contribution in [0.4, 0.5) is 0 Å². The molecule has 292 valence electrons. The predicted molar refractivity (Wildman–Crippen MR) is 231 cm³/mol. The molecule has 58 heavy (non-hydrogen) atoms. The van der Waals surface area contributed by atoms with Gasteiger partial charge in [-0.25, -0.2) is 9.13 Å². The molecule has 5 heterocycles. The van der Waals surface area contributed by atoms with Gasteiger partial charge < -0.3 is 9.47 Å². The summed E-state index contributed by atoms with van der Waals surface area (Å²) in [5, 5.41) is 0. The van der Waals surface area contributed by atoms with Crippen LogP contribution in [0.5, 0.6) is 11.5 Å². The smallest absolute Gasteiger partial charge is 0.340 e. The SMILES string of the molecule is C.Cc1cc(-c2ccccc2CCC[n+]2ccccc2)cc2c1OC13Oc4c(C)cc(-c5ccccc5CCC[n+]5ccccc5)cc4C=[N+]1C1CCCCC1[N+]3=C2. The molecule has 4 aliphatic rings. The lowest BCUT2D eigenvalue weighted by molar-refractivity contribution is -0.866. The second kappa shape index (κ2) is 15.8. The normalized spacial score (nSPS) is 19.8. The Bertz CT molecular complexity index is 2350. The highest BCUT2D eigenvalue weighted by Gasteiger charge is 2.76. The van der Waals surface area contributed by atoms with Crippen LogP contribution in [0.15, 0.2) is 134 Å². The molecule has 0 radical (unpaired) electrons. The molecule has 3 aliphatic heterocycles. The molecule has 0 bridgehead atoms. The van der Waals surface area contributed by atoms with Gasteiger partial charge in [-0.15, -0.1) is 0 Å². The summed E-state index contributed by atoms with van der Waals surface area (Å²) in [5.74, 6) is 1.82. The molecule has 0 N–H and O–H groups in total. The highest BCUT2D eigenvalue weighted by atomic mass is 16.7. The Hall–Kier alpha value is -5.88. The lowest BCUT2D eigenvalue weighted by atomic mass is 9.90. The first kappa shape index (κ1) is 37.7. The number of benzene rings is 4. The molecule has 1 saturated carbocycles. The van der Waals surface area contributed by atoms with E-state index in [1.165, 1.54) is 46.2 Å². The highest BCUT2D eigenvalue weighted by molar-refractivity contribution is 5.88. The first-order chi connectivity index (χ1) is 28.0. The molecule has 6 aromatic rings. The topological polar surface area (TPSA) is 32.2 Å². The molecule has 2 unspecified atom stereocenters. The molecule has 1 aliphatic carbocycles. The summed E-state index contributed by atoms with van der Waals surface area (Å²) < 4.78 is 24.0. The third-order valence-electron chi connectivity index (χ3n) is 12.6. The van der Waals surface area contributed by atoms with E-state index in [4.69, 9.17) is 9.47 Å². The minimum atomic E-state index is -1.06. The van der Waals surface area contributed by atoms with Crippen molar-refractivity contribution >= 4 is 12.4 Å². The summed E-state index contributed by atoms with van der Waals surface area (Å²) in [5.41, 5.74) is 12.3. The summed E-state index contributed by atoms with van der Waals surface area (Å²) in [7, 11) is 0. The number of pyridine rings is 2. The molecular weight excluding hydrogens is 713 g/mol. The fourth-order valence-corrected chi connectivity index (χ4v) is 9.94. The van der Waals surface area contributed by atoms with Gasteiger partial charge in [-0.05, 0) is 108 Å². The van der Waals surface area contributed by atoms with Crippen molar-refractivity contribution in [2.45, 2.75) is 104 Å². The van der Waals surface area contributed by atoms with Gasteiger partial charge in [0.05, 0.1) is 11.1 Å². The van der Waals surface area contributed by atoms with E-state index in [0.717, 1.165) is 85.4 Å². The van der Waals surface area contributed by atoms with Crippen molar-refractivity contribution in [2.75, 3.05) is 0 Å². The summed E-state index contributed by atoms with van der Waals surface area (Å²) >= 11 is 0. The van der Waals surface area contributed by atoms with Gasteiger partial charge in [0, 0.05) is 49.9 Å². The highest BCUT2D eigenvalue weighted by Crippen LogP contribution is 2.47. The molecule has 2 fully saturated rings. The fraction of sp³-hybridized carbons (Fsp3) is 0.308.